The van der Waals surface area contributed by atoms with Gasteiger partial charge < -0.3 is 10.4 Å². The highest BCUT2D eigenvalue weighted by atomic mass is 16.3. The third-order valence-corrected chi connectivity index (χ3v) is 2.70. The molecule has 1 unspecified atom stereocenters. The Morgan fingerprint density at radius 2 is 2.36 bits per heavy atom. The van der Waals surface area contributed by atoms with Crippen molar-refractivity contribution < 1.29 is 5.11 Å². The van der Waals surface area contributed by atoms with Crippen LogP contribution < -0.4 is 5.32 Å². The van der Waals surface area contributed by atoms with Gasteiger partial charge in [-0.05, 0) is 39.3 Å². The van der Waals surface area contributed by atoms with E-state index in [1.165, 1.54) is 25.8 Å². The summed E-state index contributed by atoms with van der Waals surface area (Å²) in [6.07, 6.45) is 3.56. The van der Waals surface area contributed by atoms with Crippen LogP contribution in [0.4, 0.5) is 0 Å². The zero-order valence-corrected chi connectivity index (χ0v) is 9.50. The van der Waals surface area contributed by atoms with Crippen LogP contribution in [0.2, 0.25) is 0 Å². The lowest BCUT2D eigenvalue weighted by atomic mass is 10.2. The van der Waals surface area contributed by atoms with Crippen LogP contribution in [0.3, 0.4) is 0 Å². The van der Waals surface area contributed by atoms with Gasteiger partial charge in [-0.3, -0.25) is 4.90 Å². The molecule has 84 valence electrons. The van der Waals surface area contributed by atoms with E-state index in [4.69, 9.17) is 0 Å². The summed E-state index contributed by atoms with van der Waals surface area (Å²) in [5, 5.41) is 12.9. The fraction of sp³-hybridized carbons (Fsp3) is 1.00. The maximum atomic E-state index is 9.36. The van der Waals surface area contributed by atoms with E-state index in [1.54, 1.807) is 0 Å². The van der Waals surface area contributed by atoms with Crippen LogP contribution in [-0.2, 0) is 0 Å². The molecule has 1 fully saturated rings. The molecule has 0 bridgehead atoms. The summed E-state index contributed by atoms with van der Waals surface area (Å²) < 4.78 is 0. The van der Waals surface area contributed by atoms with Crippen LogP contribution in [0.5, 0.6) is 0 Å². The number of aliphatic hydroxyl groups is 1. The first-order chi connectivity index (χ1) is 6.72. The molecule has 2 N–H and O–H groups in total. The molecule has 0 saturated carbocycles. The van der Waals surface area contributed by atoms with Gasteiger partial charge in [-0.15, -0.1) is 0 Å². The molecule has 0 aromatic carbocycles. The average Bonchev–Trinajstić information content (AvgIpc) is 2.56. The summed E-state index contributed by atoms with van der Waals surface area (Å²) in [4.78, 5) is 2.37. The second-order valence-corrected chi connectivity index (χ2v) is 4.40. The molecular weight excluding hydrogens is 176 g/mol. The lowest BCUT2D eigenvalue weighted by Crippen LogP contribution is -2.41. The van der Waals surface area contributed by atoms with Crippen molar-refractivity contribution in [2.75, 3.05) is 26.2 Å². The second kappa shape index (κ2) is 6.38. The predicted molar refractivity (Wildman–Crippen MR) is 59.4 cm³/mol. The zero-order valence-electron chi connectivity index (χ0n) is 9.50. The number of nitrogens with zero attached hydrogens (tertiary/aromatic N) is 1. The Morgan fingerprint density at radius 3 is 2.86 bits per heavy atom. The fourth-order valence-electron chi connectivity index (χ4n) is 2.17. The van der Waals surface area contributed by atoms with Crippen molar-refractivity contribution in [1.29, 1.82) is 0 Å². The van der Waals surface area contributed by atoms with Crippen molar-refractivity contribution in [2.45, 2.75) is 45.3 Å². The summed E-state index contributed by atoms with van der Waals surface area (Å²) in [6, 6.07) is 0.653. The number of nitrogens with one attached hydrogen (secondary N) is 1. The van der Waals surface area contributed by atoms with Crippen LogP contribution >= 0.6 is 0 Å². The third kappa shape index (κ3) is 4.40. The molecule has 1 aliphatic rings. The van der Waals surface area contributed by atoms with Crippen LogP contribution in [0.25, 0.3) is 0 Å². The summed E-state index contributed by atoms with van der Waals surface area (Å²) >= 11 is 0. The highest BCUT2D eigenvalue weighted by Crippen LogP contribution is 2.07. The smallest absolute Gasteiger partial charge is 0.0639 e. The first kappa shape index (κ1) is 12.0. The minimum Gasteiger partial charge on any atom is -0.392 e. The van der Waals surface area contributed by atoms with Gasteiger partial charge in [-0.1, -0.05) is 6.92 Å². The molecule has 0 spiro atoms. The normalized spacial score (nSPS) is 24.4. The Balaban J connectivity index is 2.25. The molecule has 14 heavy (non-hydrogen) atoms. The van der Waals surface area contributed by atoms with E-state index in [1.807, 2.05) is 6.92 Å². The van der Waals surface area contributed by atoms with Gasteiger partial charge in [0.2, 0.25) is 0 Å². The topological polar surface area (TPSA) is 35.5 Å². The minimum atomic E-state index is -0.206. The Labute approximate surface area is 87.5 Å². The van der Waals surface area contributed by atoms with Crippen LogP contribution in [-0.4, -0.2) is 48.3 Å². The summed E-state index contributed by atoms with van der Waals surface area (Å²) in [7, 11) is 0. The third-order valence-electron chi connectivity index (χ3n) is 2.70. The van der Waals surface area contributed by atoms with E-state index in [-0.39, 0.29) is 6.10 Å². The molecule has 3 nitrogen and oxygen atoms in total. The van der Waals surface area contributed by atoms with E-state index in [0.717, 1.165) is 19.6 Å². The van der Waals surface area contributed by atoms with Crippen LogP contribution in [0.1, 0.15) is 33.1 Å². The zero-order chi connectivity index (χ0) is 10.4. The number of hydrogen-bond donors (Lipinski definition) is 2. The molecular formula is C11H24N2O. The van der Waals surface area contributed by atoms with Gasteiger partial charge >= 0.3 is 0 Å². The largest absolute Gasteiger partial charge is 0.392 e. The highest BCUT2D eigenvalue weighted by molar-refractivity contribution is 4.78. The first-order valence-corrected chi connectivity index (χ1v) is 5.86. The Morgan fingerprint density at radius 1 is 1.57 bits per heavy atom. The lowest BCUT2D eigenvalue weighted by Gasteiger charge is -2.26. The fourth-order valence-corrected chi connectivity index (χ4v) is 2.17. The van der Waals surface area contributed by atoms with E-state index in [0.29, 0.717) is 6.04 Å². The Bertz CT molecular complexity index is 144. The molecule has 1 saturated heterocycles. The van der Waals surface area contributed by atoms with Crippen molar-refractivity contribution in [3.63, 3.8) is 0 Å². The minimum absolute atomic E-state index is 0.206. The lowest BCUT2D eigenvalue weighted by molar-refractivity contribution is 0.121. The van der Waals surface area contributed by atoms with E-state index >= 15 is 0 Å². The molecule has 0 radical (unpaired) electrons. The SMILES string of the molecule is CCCN(CC1CCCN1)C[C@H](C)O. The predicted octanol–water partition coefficient (Wildman–Crippen LogP) is 0.831. The Hall–Kier alpha value is -0.120. The molecule has 3 heteroatoms. The van der Waals surface area contributed by atoms with E-state index in [9.17, 15) is 5.11 Å². The number of aliphatic hydroxyl groups excluding tert-OH is 1. The molecule has 0 aromatic rings. The number of rotatable bonds is 6. The van der Waals surface area contributed by atoms with Crippen molar-refractivity contribution in [1.82, 2.24) is 10.2 Å². The Kier molecular flexibility index (Phi) is 5.45. The van der Waals surface area contributed by atoms with Crippen molar-refractivity contribution in [3.05, 3.63) is 0 Å². The molecule has 1 aliphatic heterocycles. The quantitative estimate of drug-likeness (QED) is 0.667. The van der Waals surface area contributed by atoms with Gasteiger partial charge in [0.25, 0.3) is 0 Å². The van der Waals surface area contributed by atoms with Gasteiger partial charge in [0.1, 0.15) is 0 Å². The average molecular weight is 200 g/mol. The molecule has 0 aromatic heterocycles. The molecule has 1 heterocycles. The van der Waals surface area contributed by atoms with Gasteiger partial charge in [0.05, 0.1) is 6.10 Å². The molecule has 0 amide bonds. The van der Waals surface area contributed by atoms with Crippen molar-refractivity contribution in [3.8, 4) is 0 Å². The van der Waals surface area contributed by atoms with Gasteiger partial charge in [0, 0.05) is 19.1 Å². The standard InChI is InChI=1S/C11H24N2O/c1-3-7-13(8-10(2)14)9-11-5-4-6-12-11/h10-12,14H,3-9H2,1-2H3/t10-,11?/m0/s1. The van der Waals surface area contributed by atoms with Crippen molar-refractivity contribution in [2.24, 2.45) is 0 Å². The first-order valence-electron chi connectivity index (χ1n) is 5.86. The molecule has 0 aliphatic carbocycles. The van der Waals surface area contributed by atoms with Gasteiger partial charge in [0.15, 0.2) is 0 Å². The highest BCUT2D eigenvalue weighted by Gasteiger charge is 2.17. The monoisotopic (exact) mass is 200 g/mol. The molecule has 1 rings (SSSR count). The summed E-state index contributed by atoms with van der Waals surface area (Å²) in [6.45, 7) is 8.23. The maximum absolute atomic E-state index is 9.36. The summed E-state index contributed by atoms with van der Waals surface area (Å²) in [5.74, 6) is 0. The van der Waals surface area contributed by atoms with E-state index in [2.05, 4.69) is 17.1 Å². The maximum Gasteiger partial charge on any atom is 0.0639 e. The molecule has 2 atom stereocenters. The van der Waals surface area contributed by atoms with E-state index < -0.39 is 0 Å². The summed E-state index contributed by atoms with van der Waals surface area (Å²) in [5.41, 5.74) is 0. The number of hydrogen-bond acceptors (Lipinski definition) is 3. The van der Waals surface area contributed by atoms with Gasteiger partial charge in [-0.2, -0.15) is 0 Å². The second-order valence-electron chi connectivity index (χ2n) is 4.40. The van der Waals surface area contributed by atoms with Crippen LogP contribution in [0, 0.1) is 0 Å². The van der Waals surface area contributed by atoms with Crippen molar-refractivity contribution >= 4 is 0 Å². The van der Waals surface area contributed by atoms with Gasteiger partial charge in [-0.25, -0.2) is 0 Å². The van der Waals surface area contributed by atoms with Crippen LogP contribution in [0.15, 0.2) is 0 Å².